The van der Waals surface area contributed by atoms with E-state index in [0.717, 1.165) is 9.64 Å². The van der Waals surface area contributed by atoms with Crippen LogP contribution < -0.4 is 5.32 Å². The van der Waals surface area contributed by atoms with E-state index >= 15 is 0 Å². The maximum Gasteiger partial charge on any atom is 0.416 e. The van der Waals surface area contributed by atoms with Gasteiger partial charge in [0.25, 0.3) is 5.91 Å². The lowest BCUT2D eigenvalue weighted by atomic mass is 9.73. The number of amides is 1. The minimum absolute atomic E-state index is 0.237. The highest BCUT2D eigenvalue weighted by atomic mass is 127. The molecule has 0 unspecified atom stereocenters. The Hall–Kier alpha value is -1.57. The molecule has 1 N–H and O–H groups in total. The van der Waals surface area contributed by atoms with E-state index in [-0.39, 0.29) is 23.4 Å². The summed E-state index contributed by atoms with van der Waals surface area (Å²) in [5, 5.41) is 2.89. The number of rotatable bonds is 3. The Labute approximate surface area is 151 Å². The molecule has 1 aliphatic carbocycles. The van der Waals surface area contributed by atoms with Crippen LogP contribution in [0, 0.1) is 3.57 Å². The first-order chi connectivity index (χ1) is 11.4. The fraction of sp³-hybridized carbons (Fsp3) is 0.278. The molecular weight excluding hydrogens is 430 g/mol. The van der Waals surface area contributed by atoms with E-state index in [4.69, 9.17) is 0 Å². The van der Waals surface area contributed by atoms with Gasteiger partial charge in [0.1, 0.15) is 0 Å². The van der Waals surface area contributed by atoms with Crippen LogP contribution in [0.25, 0.3) is 0 Å². The van der Waals surface area contributed by atoms with Crippen molar-refractivity contribution in [2.24, 2.45) is 0 Å². The third kappa shape index (κ3) is 3.43. The fourth-order valence-corrected chi connectivity index (χ4v) is 3.65. The molecule has 2 aromatic rings. The van der Waals surface area contributed by atoms with Crippen LogP contribution in [0.3, 0.4) is 0 Å². The third-order valence-electron chi connectivity index (χ3n) is 4.38. The van der Waals surface area contributed by atoms with Crippen LogP contribution in [-0.4, -0.2) is 11.9 Å². The van der Waals surface area contributed by atoms with E-state index in [0.29, 0.717) is 18.4 Å². The third-order valence-corrected chi connectivity index (χ3v) is 5.32. The summed E-state index contributed by atoms with van der Waals surface area (Å²) < 4.78 is 40.4. The van der Waals surface area contributed by atoms with E-state index in [2.05, 4.69) is 27.9 Å². The molecule has 2 aromatic carbocycles. The standard InChI is InChI=1S/C18H15F3INO/c19-18(20,21)14-7-3-1-5-11(14)12-9-10-16(12)23-17(24)13-6-2-4-8-15(13)22/h1-8,12,16H,9-10H2,(H,23,24)/t12-,16-/m1/s1. The molecule has 24 heavy (non-hydrogen) atoms. The Morgan fingerprint density at radius 2 is 1.71 bits per heavy atom. The number of benzene rings is 2. The molecular formula is C18H15F3INO. The molecule has 1 aliphatic rings. The van der Waals surface area contributed by atoms with Crippen molar-refractivity contribution < 1.29 is 18.0 Å². The normalized spacial score (nSPS) is 20.3. The zero-order chi connectivity index (χ0) is 17.3. The molecule has 0 heterocycles. The van der Waals surface area contributed by atoms with Crippen LogP contribution in [0.4, 0.5) is 13.2 Å². The van der Waals surface area contributed by atoms with Gasteiger partial charge in [0.2, 0.25) is 0 Å². The van der Waals surface area contributed by atoms with Gasteiger partial charge in [0, 0.05) is 15.5 Å². The first-order valence-corrected chi connectivity index (χ1v) is 8.67. The van der Waals surface area contributed by atoms with Crippen molar-refractivity contribution in [1.82, 2.24) is 5.32 Å². The molecule has 1 amide bonds. The lowest BCUT2D eigenvalue weighted by molar-refractivity contribution is -0.138. The molecule has 1 saturated carbocycles. The van der Waals surface area contributed by atoms with E-state index in [1.54, 1.807) is 18.2 Å². The quantitative estimate of drug-likeness (QED) is 0.664. The van der Waals surface area contributed by atoms with E-state index in [1.807, 2.05) is 12.1 Å². The smallest absolute Gasteiger partial charge is 0.349 e. The molecule has 3 rings (SSSR count). The summed E-state index contributed by atoms with van der Waals surface area (Å²) in [4.78, 5) is 12.4. The van der Waals surface area contributed by atoms with Gasteiger partial charge in [-0.05, 0) is 59.2 Å². The lowest BCUT2D eigenvalue weighted by Crippen LogP contribution is -2.46. The zero-order valence-electron chi connectivity index (χ0n) is 12.6. The number of hydrogen-bond donors (Lipinski definition) is 1. The molecule has 126 valence electrons. The van der Waals surface area contributed by atoms with Gasteiger partial charge in [-0.1, -0.05) is 30.3 Å². The maximum absolute atomic E-state index is 13.2. The minimum atomic E-state index is -4.38. The van der Waals surface area contributed by atoms with Crippen LogP contribution in [0.15, 0.2) is 48.5 Å². The number of nitrogens with one attached hydrogen (secondary N) is 1. The Morgan fingerprint density at radius 1 is 1.04 bits per heavy atom. The second kappa shape index (κ2) is 6.74. The van der Waals surface area contributed by atoms with Gasteiger partial charge in [-0.3, -0.25) is 4.79 Å². The molecule has 0 bridgehead atoms. The summed E-state index contributed by atoms with van der Waals surface area (Å²) in [5.41, 5.74) is 0.209. The molecule has 2 atom stereocenters. The van der Waals surface area contributed by atoms with Gasteiger partial charge in [-0.25, -0.2) is 0 Å². The Kier molecular flexibility index (Phi) is 4.85. The molecule has 2 nitrogen and oxygen atoms in total. The zero-order valence-corrected chi connectivity index (χ0v) is 14.8. The number of halogens is 4. The molecule has 0 spiro atoms. The molecule has 0 saturated heterocycles. The summed E-state index contributed by atoms with van der Waals surface area (Å²) in [6, 6.07) is 12.5. The number of carbonyl (C=O) groups excluding carboxylic acids is 1. The van der Waals surface area contributed by atoms with E-state index < -0.39 is 11.7 Å². The first kappa shape index (κ1) is 17.3. The van der Waals surface area contributed by atoms with Crippen molar-refractivity contribution in [1.29, 1.82) is 0 Å². The Morgan fingerprint density at radius 3 is 2.33 bits per heavy atom. The van der Waals surface area contributed by atoms with Gasteiger partial charge in [0.05, 0.1) is 11.1 Å². The van der Waals surface area contributed by atoms with Gasteiger partial charge in [0.15, 0.2) is 0 Å². The van der Waals surface area contributed by atoms with Crippen LogP contribution >= 0.6 is 22.6 Å². The highest BCUT2D eigenvalue weighted by Crippen LogP contribution is 2.43. The van der Waals surface area contributed by atoms with E-state index in [9.17, 15) is 18.0 Å². The van der Waals surface area contributed by atoms with Crippen LogP contribution in [0.1, 0.15) is 40.2 Å². The SMILES string of the molecule is O=C(N[C@@H]1CC[C@@H]1c1ccccc1C(F)(F)F)c1ccccc1I. The largest absolute Gasteiger partial charge is 0.416 e. The summed E-state index contributed by atoms with van der Waals surface area (Å²) in [5.74, 6) is -0.535. The van der Waals surface area contributed by atoms with Gasteiger partial charge in [-0.2, -0.15) is 13.2 Å². The summed E-state index contributed by atoms with van der Waals surface area (Å²) in [6.45, 7) is 0. The average Bonchev–Trinajstić information content (AvgIpc) is 2.51. The Bertz CT molecular complexity index is 760. The number of alkyl halides is 3. The van der Waals surface area contributed by atoms with Crippen molar-refractivity contribution in [3.8, 4) is 0 Å². The van der Waals surface area contributed by atoms with Crippen LogP contribution in [0.5, 0.6) is 0 Å². The average molecular weight is 445 g/mol. The highest BCUT2D eigenvalue weighted by Gasteiger charge is 2.40. The molecule has 0 aromatic heterocycles. The molecule has 6 heteroatoms. The van der Waals surface area contributed by atoms with Gasteiger partial charge < -0.3 is 5.32 Å². The molecule has 0 aliphatic heterocycles. The predicted molar refractivity (Wildman–Crippen MR) is 93.8 cm³/mol. The highest BCUT2D eigenvalue weighted by molar-refractivity contribution is 14.1. The summed E-state index contributed by atoms with van der Waals surface area (Å²) in [7, 11) is 0. The van der Waals surface area contributed by atoms with Crippen molar-refractivity contribution in [2.45, 2.75) is 31.0 Å². The molecule has 0 radical (unpaired) electrons. The summed E-state index contributed by atoms with van der Waals surface area (Å²) in [6.07, 6.45) is -3.05. The van der Waals surface area contributed by atoms with Crippen LogP contribution in [-0.2, 0) is 6.18 Å². The van der Waals surface area contributed by atoms with Gasteiger partial charge in [-0.15, -0.1) is 0 Å². The monoisotopic (exact) mass is 445 g/mol. The minimum Gasteiger partial charge on any atom is -0.349 e. The topological polar surface area (TPSA) is 29.1 Å². The number of carbonyl (C=O) groups is 1. The molecule has 1 fully saturated rings. The predicted octanol–water partition coefficient (Wildman–Crippen LogP) is 4.99. The fourth-order valence-electron chi connectivity index (χ4n) is 3.01. The second-order valence-corrected chi connectivity index (χ2v) is 6.99. The lowest BCUT2D eigenvalue weighted by Gasteiger charge is -2.38. The number of hydrogen-bond acceptors (Lipinski definition) is 1. The Balaban J connectivity index is 1.79. The van der Waals surface area contributed by atoms with Crippen molar-refractivity contribution in [2.75, 3.05) is 0 Å². The van der Waals surface area contributed by atoms with Crippen molar-refractivity contribution >= 4 is 28.5 Å². The maximum atomic E-state index is 13.2. The van der Waals surface area contributed by atoms with Crippen molar-refractivity contribution in [3.05, 3.63) is 68.8 Å². The van der Waals surface area contributed by atoms with Gasteiger partial charge >= 0.3 is 6.18 Å². The van der Waals surface area contributed by atoms with E-state index in [1.165, 1.54) is 12.1 Å². The summed E-state index contributed by atoms with van der Waals surface area (Å²) >= 11 is 2.08. The second-order valence-electron chi connectivity index (χ2n) is 5.83. The first-order valence-electron chi connectivity index (χ1n) is 7.59. The van der Waals surface area contributed by atoms with Crippen LogP contribution in [0.2, 0.25) is 0 Å². The van der Waals surface area contributed by atoms with Crippen molar-refractivity contribution in [3.63, 3.8) is 0 Å².